The molecule has 8 heteroatoms. The molecule has 0 spiro atoms. The second kappa shape index (κ2) is 9.72. The van der Waals surface area contributed by atoms with Crippen LogP contribution in [0.15, 0.2) is 84.9 Å². The summed E-state index contributed by atoms with van der Waals surface area (Å²) in [5.74, 6) is -0.217. The number of hydrogen-bond donors (Lipinski definition) is 1. The van der Waals surface area contributed by atoms with Crippen molar-refractivity contribution < 1.29 is 9.59 Å². The van der Waals surface area contributed by atoms with Gasteiger partial charge in [-0.1, -0.05) is 77.5 Å². The molecule has 200 valence electrons. The maximum Gasteiger partial charge on any atom is 0.276 e. The molecule has 0 radical (unpaired) electrons. The van der Waals surface area contributed by atoms with Crippen molar-refractivity contribution >= 4 is 22.7 Å². The molecule has 6 rings (SSSR count). The first-order valence-electron chi connectivity index (χ1n) is 13.3. The van der Waals surface area contributed by atoms with Gasteiger partial charge in [-0.25, -0.2) is 4.98 Å². The van der Waals surface area contributed by atoms with Gasteiger partial charge in [-0.15, -0.1) is 5.10 Å². The molecule has 1 unspecified atom stereocenters. The summed E-state index contributed by atoms with van der Waals surface area (Å²) in [7, 11) is 0. The first-order valence-corrected chi connectivity index (χ1v) is 13.3. The Labute approximate surface area is 232 Å². The average molecular weight is 531 g/mol. The highest BCUT2D eigenvalue weighted by molar-refractivity contribution is 6.03. The van der Waals surface area contributed by atoms with Crippen LogP contribution in [0.4, 0.5) is 0 Å². The van der Waals surface area contributed by atoms with Gasteiger partial charge >= 0.3 is 0 Å². The Morgan fingerprint density at radius 1 is 0.950 bits per heavy atom. The molecule has 0 aliphatic carbocycles. The first kappa shape index (κ1) is 25.4. The standard InChI is InChI=1S/C32H30N6O2/c1-20-15-16-25-23(17-20)18-24-27(30(39)34-32(2,3)4)37(19-21-11-7-5-8-12-21)31(40)28-26(22-13-9-6-10-14-22)35-36-38(28)29(24)33-25/h5-18,27H,19H2,1-4H3,(H,34,39). The van der Waals surface area contributed by atoms with Crippen molar-refractivity contribution in [3.8, 4) is 17.1 Å². The third-order valence-electron chi connectivity index (χ3n) is 6.91. The Balaban J connectivity index is 1.65. The molecule has 2 amide bonds. The molecule has 0 saturated carbocycles. The van der Waals surface area contributed by atoms with E-state index < -0.39 is 11.6 Å². The van der Waals surface area contributed by atoms with E-state index in [-0.39, 0.29) is 24.1 Å². The maximum absolute atomic E-state index is 14.6. The minimum Gasteiger partial charge on any atom is -0.349 e. The molecule has 0 bridgehead atoms. The van der Waals surface area contributed by atoms with Crippen molar-refractivity contribution in [2.24, 2.45) is 0 Å². The topological polar surface area (TPSA) is 93.0 Å². The Bertz CT molecular complexity index is 1740. The zero-order valence-electron chi connectivity index (χ0n) is 22.9. The summed E-state index contributed by atoms with van der Waals surface area (Å²) in [6, 6.07) is 26.1. The van der Waals surface area contributed by atoms with E-state index in [1.165, 1.54) is 4.68 Å². The van der Waals surface area contributed by atoms with Crippen molar-refractivity contribution in [1.29, 1.82) is 0 Å². The molecule has 0 fully saturated rings. The van der Waals surface area contributed by atoms with Gasteiger partial charge in [0.05, 0.1) is 5.52 Å². The lowest BCUT2D eigenvalue weighted by molar-refractivity contribution is -0.127. The molecule has 1 atom stereocenters. The lowest BCUT2D eigenvalue weighted by Gasteiger charge is -2.32. The van der Waals surface area contributed by atoms with Crippen LogP contribution in [0, 0.1) is 6.92 Å². The predicted octanol–water partition coefficient (Wildman–Crippen LogP) is 5.40. The number of aryl methyl sites for hydroxylation is 1. The van der Waals surface area contributed by atoms with Crippen LogP contribution in [0.25, 0.3) is 28.0 Å². The first-order chi connectivity index (χ1) is 19.2. The highest BCUT2D eigenvalue weighted by Crippen LogP contribution is 2.37. The highest BCUT2D eigenvalue weighted by atomic mass is 16.2. The van der Waals surface area contributed by atoms with Crippen LogP contribution in [0.3, 0.4) is 0 Å². The van der Waals surface area contributed by atoms with Gasteiger partial charge in [-0.3, -0.25) is 9.59 Å². The van der Waals surface area contributed by atoms with E-state index in [2.05, 4.69) is 15.6 Å². The summed E-state index contributed by atoms with van der Waals surface area (Å²) < 4.78 is 1.50. The molecule has 5 aromatic rings. The smallest absolute Gasteiger partial charge is 0.276 e. The summed E-state index contributed by atoms with van der Waals surface area (Å²) in [4.78, 5) is 35.3. The van der Waals surface area contributed by atoms with Gasteiger partial charge < -0.3 is 10.2 Å². The Morgan fingerprint density at radius 2 is 1.65 bits per heavy atom. The van der Waals surface area contributed by atoms with E-state index >= 15 is 0 Å². The molecule has 2 aromatic heterocycles. The number of amides is 2. The van der Waals surface area contributed by atoms with Gasteiger partial charge in [-0.2, -0.15) is 4.68 Å². The molecule has 40 heavy (non-hydrogen) atoms. The number of aromatic nitrogens is 4. The van der Waals surface area contributed by atoms with Crippen molar-refractivity contribution in [3.05, 3.63) is 107 Å². The number of fused-ring (bicyclic) bond motifs is 4. The van der Waals surface area contributed by atoms with E-state index in [1.807, 2.05) is 113 Å². The van der Waals surface area contributed by atoms with Crippen molar-refractivity contribution in [2.75, 3.05) is 0 Å². The lowest BCUT2D eigenvalue weighted by Crippen LogP contribution is -2.48. The Hall–Kier alpha value is -4.85. The molecule has 8 nitrogen and oxygen atoms in total. The van der Waals surface area contributed by atoms with Crippen LogP contribution in [0.1, 0.15) is 54.0 Å². The van der Waals surface area contributed by atoms with Crippen molar-refractivity contribution in [3.63, 3.8) is 0 Å². The van der Waals surface area contributed by atoms with Gasteiger partial charge in [0.25, 0.3) is 5.91 Å². The van der Waals surface area contributed by atoms with E-state index in [0.717, 1.165) is 27.6 Å². The molecular formula is C32H30N6O2. The summed E-state index contributed by atoms with van der Waals surface area (Å²) >= 11 is 0. The molecular weight excluding hydrogens is 500 g/mol. The van der Waals surface area contributed by atoms with Gasteiger partial charge in [-0.05, 0) is 51.5 Å². The SMILES string of the molecule is Cc1ccc2nc3c(cc2c1)C(C(=O)NC(C)(C)C)N(Cc1ccccc1)C(=O)c1c(-c2ccccc2)nnn1-3. The zero-order chi connectivity index (χ0) is 28.0. The third-order valence-corrected chi connectivity index (χ3v) is 6.91. The largest absolute Gasteiger partial charge is 0.349 e. The second-order valence-electron chi connectivity index (χ2n) is 11.2. The third kappa shape index (κ3) is 4.62. The lowest BCUT2D eigenvalue weighted by atomic mass is 9.99. The summed E-state index contributed by atoms with van der Waals surface area (Å²) in [6.07, 6.45) is 0. The molecule has 3 aromatic carbocycles. The number of carbonyl (C=O) groups excluding carboxylic acids is 2. The number of carbonyl (C=O) groups is 2. The normalized spacial score (nSPS) is 14.9. The average Bonchev–Trinajstić information content (AvgIpc) is 3.33. The number of nitrogens with zero attached hydrogens (tertiary/aromatic N) is 5. The van der Waals surface area contributed by atoms with Crippen LogP contribution in [0.2, 0.25) is 0 Å². The van der Waals surface area contributed by atoms with E-state index in [9.17, 15) is 9.59 Å². The van der Waals surface area contributed by atoms with Crippen LogP contribution >= 0.6 is 0 Å². The minimum absolute atomic E-state index is 0.215. The molecule has 1 N–H and O–H groups in total. The summed E-state index contributed by atoms with van der Waals surface area (Å²) in [5.41, 5.74) is 4.26. The Kier molecular flexibility index (Phi) is 6.18. The van der Waals surface area contributed by atoms with Crippen molar-refractivity contribution in [2.45, 2.75) is 45.8 Å². The number of hydrogen-bond acceptors (Lipinski definition) is 5. The maximum atomic E-state index is 14.6. The molecule has 0 saturated heterocycles. The Morgan fingerprint density at radius 3 is 2.35 bits per heavy atom. The molecule has 3 heterocycles. The fraction of sp³-hybridized carbons (Fsp3) is 0.219. The van der Waals surface area contributed by atoms with Crippen LogP contribution in [-0.4, -0.2) is 42.2 Å². The quantitative estimate of drug-likeness (QED) is 0.336. The number of benzene rings is 3. The van der Waals surface area contributed by atoms with Crippen molar-refractivity contribution in [1.82, 2.24) is 30.2 Å². The molecule has 1 aliphatic heterocycles. The van der Waals surface area contributed by atoms with E-state index in [0.29, 0.717) is 17.1 Å². The van der Waals surface area contributed by atoms with Crippen LogP contribution in [0.5, 0.6) is 0 Å². The zero-order valence-corrected chi connectivity index (χ0v) is 22.9. The monoisotopic (exact) mass is 530 g/mol. The number of rotatable bonds is 4. The van der Waals surface area contributed by atoms with Gasteiger partial charge in [0.15, 0.2) is 11.5 Å². The van der Waals surface area contributed by atoms with Crippen LogP contribution in [-0.2, 0) is 11.3 Å². The van der Waals surface area contributed by atoms with E-state index in [4.69, 9.17) is 4.98 Å². The second-order valence-corrected chi connectivity index (χ2v) is 11.2. The fourth-order valence-electron chi connectivity index (χ4n) is 5.17. The van der Waals surface area contributed by atoms with Crippen LogP contribution < -0.4 is 5.32 Å². The van der Waals surface area contributed by atoms with Gasteiger partial charge in [0.1, 0.15) is 11.7 Å². The van der Waals surface area contributed by atoms with E-state index in [1.54, 1.807) is 4.90 Å². The fourth-order valence-corrected chi connectivity index (χ4v) is 5.17. The molecule has 1 aliphatic rings. The summed E-state index contributed by atoms with van der Waals surface area (Å²) in [5, 5.41) is 12.9. The summed E-state index contributed by atoms with van der Waals surface area (Å²) in [6.45, 7) is 8.01. The minimum atomic E-state index is -0.954. The predicted molar refractivity (Wildman–Crippen MR) is 154 cm³/mol. The number of pyridine rings is 1. The number of nitrogens with one attached hydrogen (secondary N) is 1. The van der Waals surface area contributed by atoms with Gasteiger partial charge in [0, 0.05) is 28.6 Å². The van der Waals surface area contributed by atoms with Gasteiger partial charge in [0.2, 0.25) is 5.91 Å². The highest BCUT2D eigenvalue weighted by Gasteiger charge is 2.42.